The Kier molecular flexibility index (Phi) is 6.19. The number of carbonyl (C=O) groups is 2. The van der Waals surface area contributed by atoms with E-state index in [0.717, 1.165) is 6.42 Å². The van der Waals surface area contributed by atoms with Gasteiger partial charge in [-0.05, 0) is 36.5 Å². The molecule has 0 saturated carbocycles. The van der Waals surface area contributed by atoms with Crippen molar-refractivity contribution >= 4 is 23.6 Å². The molecule has 0 aromatic heterocycles. The quantitative estimate of drug-likeness (QED) is 0.689. The summed E-state index contributed by atoms with van der Waals surface area (Å²) in [6.07, 6.45) is 0.828. The van der Waals surface area contributed by atoms with Gasteiger partial charge in [-0.25, -0.2) is 4.79 Å². The van der Waals surface area contributed by atoms with Gasteiger partial charge in [0.1, 0.15) is 6.04 Å². The molecule has 2 heterocycles. The van der Waals surface area contributed by atoms with Crippen LogP contribution in [0, 0.1) is 11.8 Å². The van der Waals surface area contributed by atoms with Gasteiger partial charge in [-0.3, -0.25) is 4.79 Å². The van der Waals surface area contributed by atoms with E-state index in [4.69, 9.17) is 14.2 Å². The average Bonchev–Trinajstić information content (AvgIpc) is 3.24. The Hall–Kier alpha value is -1.89. The Balaban J connectivity index is 1.83. The van der Waals surface area contributed by atoms with E-state index < -0.39 is 6.04 Å². The SMILES string of the molecule is CC(C)COC(=O)C1CSC(CC(C)C)N1C(=O)c1ccc2c(c1)OCO2. The number of amides is 1. The van der Waals surface area contributed by atoms with Crippen molar-refractivity contribution in [2.45, 2.75) is 45.5 Å². The molecule has 7 heteroatoms. The lowest BCUT2D eigenvalue weighted by Crippen LogP contribution is -2.46. The Bertz CT molecular complexity index is 706. The summed E-state index contributed by atoms with van der Waals surface area (Å²) in [7, 11) is 0. The van der Waals surface area contributed by atoms with Crippen LogP contribution in [0.25, 0.3) is 0 Å². The molecule has 6 nitrogen and oxygen atoms in total. The second kappa shape index (κ2) is 8.42. The first-order chi connectivity index (χ1) is 12.9. The first kappa shape index (κ1) is 19.9. The third kappa shape index (κ3) is 4.51. The summed E-state index contributed by atoms with van der Waals surface area (Å²) < 4.78 is 16.2. The summed E-state index contributed by atoms with van der Waals surface area (Å²) in [5.41, 5.74) is 0.497. The van der Waals surface area contributed by atoms with Crippen LogP contribution in [0.5, 0.6) is 11.5 Å². The maximum Gasteiger partial charge on any atom is 0.329 e. The highest BCUT2D eigenvalue weighted by Gasteiger charge is 2.43. The lowest BCUT2D eigenvalue weighted by molar-refractivity contribution is -0.149. The number of fused-ring (bicyclic) bond motifs is 1. The van der Waals surface area contributed by atoms with Crippen molar-refractivity contribution in [2.75, 3.05) is 19.2 Å². The first-order valence-electron chi connectivity index (χ1n) is 9.37. The predicted molar refractivity (Wildman–Crippen MR) is 104 cm³/mol. The van der Waals surface area contributed by atoms with Crippen LogP contribution < -0.4 is 9.47 Å². The van der Waals surface area contributed by atoms with Gasteiger partial charge in [0.15, 0.2) is 11.5 Å². The molecule has 3 rings (SSSR count). The minimum absolute atomic E-state index is 0.0421. The van der Waals surface area contributed by atoms with Crippen molar-refractivity contribution in [1.29, 1.82) is 0 Å². The van der Waals surface area contributed by atoms with Crippen LogP contribution in [-0.2, 0) is 9.53 Å². The third-order valence-corrected chi connectivity index (χ3v) is 5.76. The third-order valence-electron chi connectivity index (χ3n) is 4.45. The number of hydrogen-bond acceptors (Lipinski definition) is 6. The minimum Gasteiger partial charge on any atom is -0.464 e. The fraction of sp³-hybridized carbons (Fsp3) is 0.600. The smallest absolute Gasteiger partial charge is 0.329 e. The summed E-state index contributed by atoms with van der Waals surface area (Å²) >= 11 is 1.65. The first-order valence-corrected chi connectivity index (χ1v) is 10.4. The van der Waals surface area contributed by atoms with Gasteiger partial charge in [-0.15, -0.1) is 11.8 Å². The largest absolute Gasteiger partial charge is 0.464 e. The lowest BCUT2D eigenvalue weighted by atomic mass is 10.1. The molecule has 27 heavy (non-hydrogen) atoms. The van der Waals surface area contributed by atoms with Gasteiger partial charge in [0.05, 0.1) is 12.0 Å². The number of thioether (sulfide) groups is 1. The highest BCUT2D eigenvalue weighted by atomic mass is 32.2. The van der Waals surface area contributed by atoms with E-state index in [1.54, 1.807) is 34.9 Å². The molecule has 0 aliphatic carbocycles. The highest BCUT2D eigenvalue weighted by Crippen LogP contribution is 2.37. The van der Waals surface area contributed by atoms with Crippen LogP contribution in [0.3, 0.4) is 0 Å². The molecule has 2 aliphatic rings. The fourth-order valence-corrected chi connectivity index (χ4v) is 4.75. The molecule has 2 unspecified atom stereocenters. The van der Waals surface area contributed by atoms with Crippen LogP contribution in [0.2, 0.25) is 0 Å². The standard InChI is InChI=1S/C20H27NO5S/c1-12(2)7-18-21(15(10-27-18)20(23)24-9-13(3)4)19(22)14-5-6-16-17(8-14)26-11-25-16/h5-6,8,12-13,15,18H,7,9-11H2,1-4H3. The van der Waals surface area contributed by atoms with Crippen LogP contribution in [0.4, 0.5) is 0 Å². The van der Waals surface area contributed by atoms with Crippen molar-refractivity contribution in [1.82, 2.24) is 4.90 Å². The zero-order valence-corrected chi connectivity index (χ0v) is 17.1. The van der Waals surface area contributed by atoms with Crippen molar-refractivity contribution in [3.63, 3.8) is 0 Å². The lowest BCUT2D eigenvalue weighted by Gasteiger charge is -2.29. The van der Waals surface area contributed by atoms with Gasteiger partial charge < -0.3 is 19.1 Å². The molecule has 0 bridgehead atoms. The Morgan fingerprint density at radius 1 is 1.19 bits per heavy atom. The van der Waals surface area contributed by atoms with E-state index in [9.17, 15) is 9.59 Å². The Labute approximate surface area is 164 Å². The topological polar surface area (TPSA) is 65.1 Å². The highest BCUT2D eigenvalue weighted by molar-refractivity contribution is 8.00. The summed E-state index contributed by atoms with van der Waals surface area (Å²) in [5, 5.41) is -0.0421. The fourth-order valence-electron chi connectivity index (χ4n) is 3.13. The number of esters is 1. The van der Waals surface area contributed by atoms with E-state index in [0.29, 0.717) is 35.3 Å². The molecule has 2 aliphatic heterocycles. The minimum atomic E-state index is -0.560. The Morgan fingerprint density at radius 3 is 2.63 bits per heavy atom. The molecule has 0 spiro atoms. The van der Waals surface area contributed by atoms with E-state index in [1.807, 2.05) is 13.8 Å². The van der Waals surface area contributed by atoms with E-state index in [1.165, 1.54) is 0 Å². The van der Waals surface area contributed by atoms with Gasteiger partial charge in [0.2, 0.25) is 6.79 Å². The van der Waals surface area contributed by atoms with Gasteiger partial charge in [-0.2, -0.15) is 0 Å². The molecule has 1 aromatic carbocycles. The monoisotopic (exact) mass is 393 g/mol. The molecular weight excluding hydrogens is 366 g/mol. The van der Waals surface area contributed by atoms with Crippen molar-refractivity contribution in [3.8, 4) is 11.5 Å². The normalized spacial score (nSPS) is 21.2. The molecule has 1 saturated heterocycles. The second-order valence-corrected chi connectivity index (χ2v) is 8.95. The number of hydrogen-bond donors (Lipinski definition) is 0. The van der Waals surface area contributed by atoms with Gasteiger partial charge >= 0.3 is 5.97 Å². The van der Waals surface area contributed by atoms with Crippen molar-refractivity contribution < 1.29 is 23.8 Å². The molecule has 2 atom stereocenters. The zero-order valence-electron chi connectivity index (χ0n) is 16.3. The van der Waals surface area contributed by atoms with Gasteiger partial charge in [-0.1, -0.05) is 27.7 Å². The van der Waals surface area contributed by atoms with Crippen molar-refractivity contribution in [3.05, 3.63) is 23.8 Å². The molecule has 148 valence electrons. The molecule has 0 N–H and O–H groups in total. The molecule has 1 amide bonds. The van der Waals surface area contributed by atoms with Gasteiger partial charge in [0.25, 0.3) is 5.91 Å². The van der Waals surface area contributed by atoms with E-state index in [-0.39, 0.29) is 30.0 Å². The number of nitrogens with zero attached hydrogens (tertiary/aromatic N) is 1. The molecule has 1 aromatic rings. The Morgan fingerprint density at radius 2 is 1.93 bits per heavy atom. The number of benzene rings is 1. The number of ether oxygens (including phenoxy) is 3. The summed E-state index contributed by atoms with van der Waals surface area (Å²) in [5.74, 6) is 1.94. The van der Waals surface area contributed by atoms with Crippen LogP contribution in [0.1, 0.15) is 44.5 Å². The van der Waals surface area contributed by atoms with Crippen LogP contribution in [-0.4, -0.2) is 47.3 Å². The second-order valence-electron chi connectivity index (χ2n) is 7.74. The molecule has 1 fully saturated rings. The van der Waals surface area contributed by atoms with Crippen LogP contribution in [0.15, 0.2) is 18.2 Å². The number of rotatable bonds is 6. The molecule has 0 radical (unpaired) electrons. The van der Waals surface area contributed by atoms with Gasteiger partial charge in [0, 0.05) is 11.3 Å². The van der Waals surface area contributed by atoms with E-state index >= 15 is 0 Å². The summed E-state index contributed by atoms with van der Waals surface area (Å²) in [6, 6.07) is 4.59. The van der Waals surface area contributed by atoms with E-state index in [2.05, 4.69) is 13.8 Å². The average molecular weight is 394 g/mol. The van der Waals surface area contributed by atoms with Crippen molar-refractivity contribution in [2.24, 2.45) is 11.8 Å². The zero-order chi connectivity index (χ0) is 19.6. The maximum atomic E-state index is 13.3. The van der Waals surface area contributed by atoms with Crippen LogP contribution >= 0.6 is 11.8 Å². The predicted octanol–water partition coefficient (Wildman–Crippen LogP) is 3.54. The summed E-state index contributed by atoms with van der Waals surface area (Å²) in [4.78, 5) is 27.6. The number of carbonyl (C=O) groups excluding carboxylic acids is 2. The maximum absolute atomic E-state index is 13.3. The molecular formula is C20H27NO5S. The summed E-state index contributed by atoms with van der Waals surface area (Å²) in [6.45, 7) is 8.75.